The second-order valence-electron chi connectivity index (χ2n) is 8.21. The molecule has 3 aromatic rings. The van der Waals surface area contributed by atoms with E-state index in [4.69, 9.17) is 11.6 Å². The summed E-state index contributed by atoms with van der Waals surface area (Å²) in [6, 6.07) is 15.9. The summed E-state index contributed by atoms with van der Waals surface area (Å²) in [5.74, 6) is -1.83. The lowest BCUT2D eigenvalue weighted by atomic mass is 9.99. The number of aliphatic hydroxyl groups is 1. The normalized spacial score (nSPS) is 12.6. The van der Waals surface area contributed by atoms with Crippen molar-refractivity contribution in [3.8, 4) is 11.1 Å². The van der Waals surface area contributed by atoms with Crippen LogP contribution in [0.1, 0.15) is 34.0 Å². The molecular formula is C26H27ClN2O4S. The van der Waals surface area contributed by atoms with Gasteiger partial charge in [-0.15, -0.1) is 0 Å². The van der Waals surface area contributed by atoms with Gasteiger partial charge in [0.15, 0.2) is 6.04 Å². The number of hydrogen-bond donors (Lipinski definition) is 4. The molecule has 0 bridgehead atoms. The fourth-order valence-electron chi connectivity index (χ4n) is 3.45. The topological polar surface area (TPSA) is 98.7 Å². The fourth-order valence-corrected chi connectivity index (χ4v) is 4.47. The Bertz CT molecular complexity index is 1230. The van der Waals surface area contributed by atoms with E-state index in [1.807, 2.05) is 56.3 Å². The van der Waals surface area contributed by atoms with Gasteiger partial charge in [-0.05, 0) is 97.8 Å². The molecule has 0 heterocycles. The number of amides is 1. The zero-order valence-electron chi connectivity index (χ0n) is 19.3. The Hall–Kier alpha value is -3.00. The van der Waals surface area contributed by atoms with Crippen LogP contribution in [0, 0.1) is 20.8 Å². The molecule has 3 rings (SSSR count). The molecular weight excluding hydrogens is 472 g/mol. The molecule has 8 heteroatoms. The molecule has 34 heavy (non-hydrogen) atoms. The molecule has 0 aromatic heterocycles. The summed E-state index contributed by atoms with van der Waals surface area (Å²) in [4.78, 5) is 24.9. The molecule has 0 aliphatic carbocycles. The van der Waals surface area contributed by atoms with Crippen molar-refractivity contribution < 1.29 is 19.8 Å². The van der Waals surface area contributed by atoms with Gasteiger partial charge in [-0.25, -0.2) is 4.79 Å². The van der Waals surface area contributed by atoms with Gasteiger partial charge in [-0.1, -0.05) is 35.9 Å². The Labute approximate surface area is 208 Å². The quantitative estimate of drug-likeness (QED) is 0.301. The molecule has 2 atom stereocenters. The molecule has 0 fully saturated rings. The number of halogens is 1. The van der Waals surface area contributed by atoms with E-state index < -0.39 is 24.0 Å². The van der Waals surface area contributed by atoms with E-state index in [-0.39, 0.29) is 0 Å². The Morgan fingerprint density at radius 2 is 1.65 bits per heavy atom. The lowest BCUT2D eigenvalue weighted by molar-refractivity contribution is -0.141. The largest absolute Gasteiger partial charge is 0.480 e. The third-order valence-electron chi connectivity index (χ3n) is 5.44. The van der Waals surface area contributed by atoms with Crippen molar-refractivity contribution in [3.05, 3.63) is 81.9 Å². The van der Waals surface area contributed by atoms with E-state index in [0.29, 0.717) is 11.1 Å². The number of aryl methyl sites for hydroxylation is 3. The van der Waals surface area contributed by atoms with Crippen LogP contribution in [-0.4, -0.2) is 34.2 Å². The number of anilines is 1. The maximum Gasteiger partial charge on any atom is 0.328 e. The third-order valence-corrected chi connectivity index (χ3v) is 6.84. The summed E-state index contributed by atoms with van der Waals surface area (Å²) in [6.07, 6.45) is -1.21. The summed E-state index contributed by atoms with van der Waals surface area (Å²) >= 11 is 7.71. The highest BCUT2D eigenvalue weighted by atomic mass is 35.5. The molecule has 0 saturated heterocycles. The highest BCUT2D eigenvalue weighted by molar-refractivity contribution is 8.00. The summed E-state index contributed by atoms with van der Waals surface area (Å²) in [5, 5.41) is 21.9. The van der Waals surface area contributed by atoms with Crippen LogP contribution in [-0.2, 0) is 4.79 Å². The van der Waals surface area contributed by atoms with Crippen LogP contribution < -0.4 is 10.0 Å². The first-order valence-electron chi connectivity index (χ1n) is 10.7. The van der Waals surface area contributed by atoms with Crippen LogP contribution in [0.5, 0.6) is 0 Å². The molecule has 1 unspecified atom stereocenters. The molecule has 0 spiro atoms. The highest BCUT2D eigenvalue weighted by Crippen LogP contribution is 2.31. The Balaban J connectivity index is 1.76. The predicted molar refractivity (Wildman–Crippen MR) is 138 cm³/mol. The van der Waals surface area contributed by atoms with Crippen molar-refractivity contribution in [2.45, 2.75) is 44.7 Å². The average molecular weight is 499 g/mol. The van der Waals surface area contributed by atoms with Crippen LogP contribution >= 0.6 is 23.5 Å². The summed E-state index contributed by atoms with van der Waals surface area (Å²) in [7, 11) is 0. The Morgan fingerprint density at radius 3 is 2.29 bits per heavy atom. The first kappa shape index (κ1) is 25.6. The van der Waals surface area contributed by atoms with Crippen LogP contribution in [0.2, 0.25) is 5.02 Å². The minimum absolute atomic E-state index is 0.356. The Kier molecular flexibility index (Phi) is 8.25. The van der Waals surface area contributed by atoms with Crippen molar-refractivity contribution in [2.75, 3.05) is 4.72 Å². The number of rotatable bonds is 8. The minimum atomic E-state index is -1.38. The van der Waals surface area contributed by atoms with Crippen molar-refractivity contribution in [1.29, 1.82) is 0 Å². The van der Waals surface area contributed by atoms with Gasteiger partial charge in [0.05, 0.1) is 6.10 Å². The van der Waals surface area contributed by atoms with Crippen molar-refractivity contribution in [2.24, 2.45) is 0 Å². The number of aliphatic carboxylic acids is 1. The van der Waals surface area contributed by atoms with E-state index in [1.54, 1.807) is 13.0 Å². The molecule has 3 aromatic carbocycles. The lowest BCUT2D eigenvalue weighted by Gasteiger charge is -2.18. The standard InChI is InChI=1S/C26H27ClN2O4S/c1-14-10-19(8-9-21(14)25(31)28-24(17(4)30)26(32)33)18-6-5-7-20(13-18)29-34-23-12-15(2)22(27)11-16(23)3/h5-13,17,24,29-30H,1-4H3,(H,28,31)(H,32,33)/t17-,24?/m0/s1. The van der Waals surface area contributed by atoms with Gasteiger partial charge in [0.25, 0.3) is 5.91 Å². The van der Waals surface area contributed by atoms with Crippen molar-refractivity contribution >= 4 is 41.1 Å². The maximum atomic E-state index is 12.6. The molecule has 178 valence electrons. The van der Waals surface area contributed by atoms with E-state index >= 15 is 0 Å². The lowest BCUT2D eigenvalue weighted by Crippen LogP contribution is -2.47. The first-order chi connectivity index (χ1) is 16.1. The summed E-state index contributed by atoms with van der Waals surface area (Å²) in [5.41, 5.74) is 5.99. The number of carboxylic acid groups (broad SMARTS) is 1. The van der Waals surface area contributed by atoms with E-state index in [0.717, 1.165) is 37.9 Å². The maximum absolute atomic E-state index is 12.6. The van der Waals surface area contributed by atoms with Gasteiger partial charge in [0, 0.05) is 21.2 Å². The summed E-state index contributed by atoms with van der Waals surface area (Å²) < 4.78 is 3.38. The van der Waals surface area contributed by atoms with E-state index in [1.165, 1.54) is 18.9 Å². The zero-order chi connectivity index (χ0) is 25.0. The van der Waals surface area contributed by atoms with Gasteiger partial charge >= 0.3 is 5.97 Å². The van der Waals surface area contributed by atoms with Crippen LogP contribution in [0.4, 0.5) is 5.69 Å². The second-order valence-corrected chi connectivity index (χ2v) is 9.47. The molecule has 4 N–H and O–H groups in total. The second kappa shape index (κ2) is 11.0. The molecule has 0 aliphatic rings. The fraction of sp³-hybridized carbons (Fsp3) is 0.231. The zero-order valence-corrected chi connectivity index (χ0v) is 20.9. The van der Waals surface area contributed by atoms with Gasteiger partial charge in [0.2, 0.25) is 0 Å². The van der Waals surface area contributed by atoms with Crippen molar-refractivity contribution in [1.82, 2.24) is 5.32 Å². The molecule has 6 nitrogen and oxygen atoms in total. The monoisotopic (exact) mass is 498 g/mol. The smallest absolute Gasteiger partial charge is 0.328 e. The van der Waals surface area contributed by atoms with Crippen molar-refractivity contribution in [3.63, 3.8) is 0 Å². The molecule has 1 amide bonds. The van der Waals surface area contributed by atoms with Gasteiger partial charge in [0.1, 0.15) is 0 Å². The first-order valence-corrected chi connectivity index (χ1v) is 11.9. The van der Waals surface area contributed by atoms with Gasteiger partial charge < -0.3 is 20.3 Å². The van der Waals surface area contributed by atoms with E-state index in [2.05, 4.69) is 16.1 Å². The number of carbonyl (C=O) groups is 2. The summed E-state index contributed by atoms with van der Waals surface area (Å²) in [6.45, 7) is 7.11. The number of carboxylic acids is 1. The van der Waals surface area contributed by atoms with Crippen LogP contribution in [0.3, 0.4) is 0 Å². The number of carbonyl (C=O) groups excluding carboxylic acids is 1. The van der Waals surface area contributed by atoms with Crippen LogP contribution in [0.25, 0.3) is 11.1 Å². The Morgan fingerprint density at radius 1 is 0.941 bits per heavy atom. The van der Waals surface area contributed by atoms with Gasteiger partial charge in [-0.2, -0.15) is 0 Å². The number of benzene rings is 3. The number of nitrogens with one attached hydrogen (secondary N) is 2. The minimum Gasteiger partial charge on any atom is -0.480 e. The molecule has 0 aliphatic heterocycles. The highest BCUT2D eigenvalue weighted by Gasteiger charge is 2.26. The number of aliphatic hydroxyl groups excluding tert-OH is 1. The third kappa shape index (κ3) is 6.11. The van der Waals surface area contributed by atoms with E-state index in [9.17, 15) is 19.8 Å². The molecule has 0 radical (unpaired) electrons. The van der Waals surface area contributed by atoms with Crippen LogP contribution in [0.15, 0.2) is 59.5 Å². The number of hydrogen-bond acceptors (Lipinski definition) is 5. The predicted octanol–water partition coefficient (Wildman–Crippen LogP) is 5.62. The van der Waals surface area contributed by atoms with Gasteiger partial charge in [-0.3, -0.25) is 4.79 Å². The average Bonchev–Trinajstić information content (AvgIpc) is 2.78. The SMILES string of the molecule is Cc1cc(SNc2cccc(-c3ccc(C(=O)NC(C(=O)O)[C@H](C)O)c(C)c3)c2)c(C)cc1Cl. The molecule has 0 saturated carbocycles.